The standard InChI is InChI=1S/C67H39N7O2/c1-3-18-40(19-4-1)64-70-65(41-20-5-2-6-21-41)72-66(71-64)42-22-15-23-43(38-42)73-56-33-12-8-27-52(56)60-57(73)37-36-47-44-24-7-11-32-55(44)74(61(47)60)67-68-53(50-30-16-28-48-45-25-9-13-34-58(45)75-62(48)50)39-54(69-67)51-31-17-29-49-46-26-10-14-35-59(46)76-63(49)51/h1-39H. The van der Waals surface area contributed by atoms with E-state index in [1.165, 1.54) is 0 Å². The van der Waals surface area contributed by atoms with E-state index in [2.05, 4.69) is 149 Å². The Bertz CT molecular complexity index is 4820. The van der Waals surface area contributed by atoms with Gasteiger partial charge in [0.2, 0.25) is 5.95 Å². The summed E-state index contributed by atoms with van der Waals surface area (Å²) >= 11 is 0. The molecular weight excluding hydrogens is 935 g/mol. The first-order chi connectivity index (χ1) is 37.7. The molecule has 9 nitrogen and oxygen atoms in total. The molecule has 6 aromatic heterocycles. The summed E-state index contributed by atoms with van der Waals surface area (Å²) in [6.07, 6.45) is 0. The fourth-order valence-electron chi connectivity index (χ4n) is 11.4. The Labute approximate surface area is 433 Å². The average molecular weight is 974 g/mol. The molecule has 0 saturated carbocycles. The maximum absolute atomic E-state index is 6.70. The van der Waals surface area contributed by atoms with Gasteiger partial charge in [-0.05, 0) is 60.7 Å². The molecule has 76 heavy (non-hydrogen) atoms. The van der Waals surface area contributed by atoms with Gasteiger partial charge in [0, 0.05) is 76.6 Å². The van der Waals surface area contributed by atoms with Crippen molar-refractivity contribution in [2.45, 2.75) is 0 Å². The van der Waals surface area contributed by atoms with Crippen molar-refractivity contribution in [1.82, 2.24) is 34.1 Å². The van der Waals surface area contributed by atoms with Gasteiger partial charge in [0.1, 0.15) is 22.3 Å². The second-order valence-electron chi connectivity index (χ2n) is 19.1. The summed E-state index contributed by atoms with van der Waals surface area (Å²) in [7, 11) is 0. The van der Waals surface area contributed by atoms with Crippen molar-refractivity contribution in [1.29, 1.82) is 0 Å². The van der Waals surface area contributed by atoms with Crippen LogP contribution in [0.25, 0.3) is 156 Å². The lowest BCUT2D eigenvalue weighted by molar-refractivity contribution is 0.669. The summed E-state index contributed by atoms with van der Waals surface area (Å²) < 4.78 is 18.0. The summed E-state index contributed by atoms with van der Waals surface area (Å²) in [5.74, 6) is 2.33. The van der Waals surface area contributed by atoms with E-state index < -0.39 is 0 Å². The van der Waals surface area contributed by atoms with Gasteiger partial charge in [-0.2, -0.15) is 0 Å². The molecular formula is C67H39N7O2. The van der Waals surface area contributed by atoms with Crippen molar-refractivity contribution in [2.24, 2.45) is 0 Å². The molecule has 0 unspecified atom stereocenters. The van der Waals surface area contributed by atoms with Crippen molar-refractivity contribution in [3.05, 3.63) is 237 Å². The molecule has 0 aliphatic carbocycles. The number of hydrogen-bond acceptors (Lipinski definition) is 7. The fraction of sp³-hybridized carbons (Fsp3) is 0. The summed E-state index contributed by atoms with van der Waals surface area (Å²) in [6, 6.07) is 81.4. The van der Waals surface area contributed by atoms with E-state index in [-0.39, 0.29) is 0 Å². The van der Waals surface area contributed by atoms with E-state index in [1.54, 1.807) is 0 Å². The SMILES string of the molecule is c1ccc(-c2nc(-c3ccccc3)nc(-c3cccc(-n4c5ccccc5c5c4ccc4c6ccccc6n(-c6nc(-c7cccc8c7oc7ccccc78)cc(-c7cccc8c7oc7ccccc78)n6)c45)c3)n2)cc1. The van der Waals surface area contributed by atoms with E-state index >= 15 is 0 Å². The first-order valence-corrected chi connectivity index (χ1v) is 25.3. The van der Waals surface area contributed by atoms with Gasteiger partial charge >= 0.3 is 0 Å². The van der Waals surface area contributed by atoms with Crippen molar-refractivity contribution >= 4 is 87.5 Å². The fourth-order valence-corrected chi connectivity index (χ4v) is 11.4. The minimum Gasteiger partial charge on any atom is -0.455 e. The smallest absolute Gasteiger partial charge is 0.235 e. The van der Waals surface area contributed by atoms with Crippen LogP contribution in [0.5, 0.6) is 0 Å². The minimum atomic E-state index is 0.518. The summed E-state index contributed by atoms with van der Waals surface area (Å²) in [5, 5.41) is 8.48. The van der Waals surface area contributed by atoms with Gasteiger partial charge < -0.3 is 13.4 Å². The molecule has 0 saturated heterocycles. The van der Waals surface area contributed by atoms with Gasteiger partial charge in [0.05, 0.1) is 33.5 Å². The molecule has 0 aliphatic rings. The maximum Gasteiger partial charge on any atom is 0.235 e. The molecule has 0 spiro atoms. The van der Waals surface area contributed by atoms with Crippen LogP contribution < -0.4 is 0 Å². The van der Waals surface area contributed by atoms with Crippen LogP contribution in [0.1, 0.15) is 0 Å². The highest BCUT2D eigenvalue weighted by Gasteiger charge is 2.25. The van der Waals surface area contributed by atoms with Crippen molar-refractivity contribution in [3.63, 3.8) is 0 Å². The van der Waals surface area contributed by atoms with Crippen LogP contribution in [-0.2, 0) is 0 Å². The lowest BCUT2D eigenvalue weighted by atomic mass is 10.0. The van der Waals surface area contributed by atoms with E-state index in [1.807, 2.05) is 97.1 Å². The third-order valence-corrected chi connectivity index (χ3v) is 14.8. The molecule has 10 aromatic carbocycles. The third-order valence-electron chi connectivity index (χ3n) is 14.8. The van der Waals surface area contributed by atoms with Gasteiger partial charge in [-0.15, -0.1) is 0 Å². The lowest BCUT2D eigenvalue weighted by Gasteiger charge is -2.13. The molecule has 0 atom stereocenters. The van der Waals surface area contributed by atoms with Gasteiger partial charge in [0.25, 0.3) is 0 Å². The van der Waals surface area contributed by atoms with Crippen LogP contribution in [0.15, 0.2) is 245 Å². The molecule has 0 radical (unpaired) electrons. The van der Waals surface area contributed by atoms with Gasteiger partial charge in [-0.25, -0.2) is 24.9 Å². The van der Waals surface area contributed by atoms with Gasteiger partial charge in [-0.3, -0.25) is 4.57 Å². The predicted octanol–water partition coefficient (Wildman–Crippen LogP) is 17.0. The summed E-state index contributed by atoms with van der Waals surface area (Å²) in [6.45, 7) is 0. The molecule has 0 fully saturated rings. The minimum absolute atomic E-state index is 0.518. The zero-order valence-electron chi connectivity index (χ0n) is 40.5. The number of para-hydroxylation sites is 6. The largest absolute Gasteiger partial charge is 0.455 e. The highest BCUT2D eigenvalue weighted by molar-refractivity contribution is 6.26. The molecule has 9 heteroatoms. The van der Waals surface area contributed by atoms with Crippen LogP contribution in [0, 0.1) is 0 Å². The third kappa shape index (κ3) is 6.42. The molecule has 16 aromatic rings. The second kappa shape index (κ2) is 16.5. The van der Waals surface area contributed by atoms with Crippen LogP contribution in [0.4, 0.5) is 0 Å². The molecule has 0 N–H and O–H groups in total. The Balaban J connectivity index is 0.958. The molecule has 16 rings (SSSR count). The number of hydrogen-bond donors (Lipinski definition) is 0. The zero-order valence-corrected chi connectivity index (χ0v) is 40.5. The molecule has 6 heterocycles. The predicted molar refractivity (Wildman–Crippen MR) is 306 cm³/mol. The number of fused-ring (bicyclic) bond motifs is 13. The number of benzene rings is 10. The zero-order chi connectivity index (χ0) is 49.8. The van der Waals surface area contributed by atoms with Crippen molar-refractivity contribution in [3.8, 4) is 68.3 Å². The number of aromatic nitrogens is 7. The lowest BCUT2D eigenvalue weighted by Crippen LogP contribution is -2.04. The van der Waals surface area contributed by atoms with Crippen LogP contribution in [0.3, 0.4) is 0 Å². The topological polar surface area (TPSA) is 101 Å². The van der Waals surface area contributed by atoms with E-state index in [9.17, 15) is 0 Å². The molecule has 0 amide bonds. The summed E-state index contributed by atoms with van der Waals surface area (Å²) in [4.78, 5) is 26.4. The Morgan fingerprint density at radius 2 is 0.776 bits per heavy atom. The second-order valence-corrected chi connectivity index (χ2v) is 19.1. The first kappa shape index (κ1) is 42.0. The van der Waals surface area contributed by atoms with E-state index in [4.69, 9.17) is 33.8 Å². The number of rotatable bonds is 7. The van der Waals surface area contributed by atoms with Crippen molar-refractivity contribution in [2.75, 3.05) is 0 Å². The van der Waals surface area contributed by atoms with Gasteiger partial charge in [-0.1, -0.05) is 176 Å². The Morgan fingerprint density at radius 3 is 1.38 bits per heavy atom. The molecule has 0 aliphatic heterocycles. The summed E-state index contributed by atoms with van der Waals surface area (Å²) in [5.41, 5.74) is 14.1. The number of furan rings is 2. The number of nitrogens with zero attached hydrogens (tertiary/aromatic N) is 7. The van der Waals surface area contributed by atoms with Crippen molar-refractivity contribution < 1.29 is 8.83 Å². The molecule has 354 valence electrons. The highest BCUT2D eigenvalue weighted by atomic mass is 16.3. The van der Waals surface area contributed by atoms with Crippen LogP contribution >= 0.6 is 0 Å². The molecule has 0 bridgehead atoms. The average Bonchev–Trinajstić information content (AvgIpc) is 4.33. The first-order valence-electron chi connectivity index (χ1n) is 25.3. The highest BCUT2D eigenvalue weighted by Crippen LogP contribution is 2.44. The Morgan fingerprint density at radius 1 is 0.303 bits per heavy atom. The van der Waals surface area contributed by atoms with E-state index in [0.717, 1.165) is 132 Å². The normalized spacial score (nSPS) is 11.9. The quantitative estimate of drug-likeness (QED) is 0.157. The van der Waals surface area contributed by atoms with Gasteiger partial charge in [0.15, 0.2) is 17.5 Å². The monoisotopic (exact) mass is 973 g/mol. The maximum atomic E-state index is 6.70. The Hall–Kier alpha value is -10.5. The van der Waals surface area contributed by atoms with E-state index in [0.29, 0.717) is 23.4 Å². The van der Waals surface area contributed by atoms with Crippen LogP contribution in [0.2, 0.25) is 0 Å². The van der Waals surface area contributed by atoms with Crippen LogP contribution in [-0.4, -0.2) is 34.1 Å². The Kier molecular flexibility index (Phi) is 9.13.